The van der Waals surface area contributed by atoms with E-state index in [0.29, 0.717) is 0 Å². The molecule has 0 aromatic carbocycles. The molecular weight excluding hydrogens is 290 g/mol. The lowest BCUT2D eigenvalue weighted by molar-refractivity contribution is -0.769. The third-order valence-corrected chi connectivity index (χ3v) is 4.53. The third-order valence-electron chi connectivity index (χ3n) is 3.59. The Morgan fingerprint density at radius 1 is 1.40 bits per heavy atom. The summed E-state index contributed by atoms with van der Waals surface area (Å²) in [5, 5.41) is 15.5. The summed E-state index contributed by atoms with van der Waals surface area (Å²) in [7, 11) is 0. The lowest BCUT2D eigenvalue weighted by atomic mass is 10.1. The molecule has 3 heterocycles. The highest BCUT2D eigenvalue weighted by Crippen LogP contribution is 2.29. The molecule has 3 fully saturated rings. The first-order valence-electron chi connectivity index (χ1n) is 6.31. The number of nitrogens with zero attached hydrogens (tertiary/aromatic N) is 1. The van der Waals surface area contributed by atoms with Crippen LogP contribution in [0.1, 0.15) is 0 Å². The van der Waals surface area contributed by atoms with Crippen LogP contribution < -0.4 is 10.6 Å². The van der Waals surface area contributed by atoms with Crippen LogP contribution in [0.15, 0.2) is 0 Å². The van der Waals surface area contributed by atoms with Gasteiger partial charge in [0.25, 0.3) is 5.09 Å². The molecule has 0 aromatic rings. The number of amides is 1. The zero-order chi connectivity index (χ0) is 14.1. The highest BCUT2D eigenvalue weighted by atomic mass is 32.2. The van der Waals surface area contributed by atoms with Crippen LogP contribution in [0.25, 0.3) is 0 Å². The number of thioether (sulfide) groups is 1. The molecule has 0 radical (unpaired) electrons. The molecule has 0 saturated carbocycles. The molecule has 5 atom stereocenters. The van der Waals surface area contributed by atoms with Crippen molar-refractivity contribution >= 4 is 17.7 Å². The monoisotopic (exact) mass is 305 g/mol. The average Bonchev–Trinajstić information content (AvgIpc) is 3.09. The van der Waals surface area contributed by atoms with Crippen molar-refractivity contribution in [3.8, 4) is 0 Å². The molecule has 3 aliphatic rings. The molecule has 0 aliphatic carbocycles. The van der Waals surface area contributed by atoms with E-state index < -0.39 is 23.4 Å². The number of carbonyl (C=O) groups is 1. The van der Waals surface area contributed by atoms with Gasteiger partial charge < -0.3 is 19.6 Å². The van der Waals surface area contributed by atoms with E-state index in [0.717, 1.165) is 11.6 Å². The number of rotatable bonds is 4. The van der Waals surface area contributed by atoms with Crippen molar-refractivity contribution in [1.82, 2.24) is 10.6 Å². The van der Waals surface area contributed by atoms with E-state index in [2.05, 4.69) is 15.5 Å². The van der Waals surface area contributed by atoms with Crippen LogP contribution in [-0.4, -0.2) is 66.2 Å². The Morgan fingerprint density at radius 3 is 2.90 bits per heavy atom. The van der Waals surface area contributed by atoms with Crippen LogP contribution in [0.3, 0.4) is 0 Å². The van der Waals surface area contributed by atoms with E-state index in [-0.39, 0.29) is 31.2 Å². The van der Waals surface area contributed by atoms with Gasteiger partial charge in [-0.2, -0.15) is 0 Å². The van der Waals surface area contributed by atoms with Crippen molar-refractivity contribution in [1.29, 1.82) is 0 Å². The summed E-state index contributed by atoms with van der Waals surface area (Å²) in [6, 6.07) is -0.494. The average molecular weight is 305 g/mol. The summed E-state index contributed by atoms with van der Waals surface area (Å²) in [6.45, 7) is 0.374. The fourth-order valence-electron chi connectivity index (χ4n) is 2.64. The van der Waals surface area contributed by atoms with E-state index in [1.54, 1.807) is 11.8 Å². The molecule has 0 bridgehead atoms. The first-order chi connectivity index (χ1) is 9.65. The Labute approximate surface area is 118 Å². The fraction of sp³-hybridized carbons (Fsp3) is 0.900. The van der Waals surface area contributed by atoms with Crippen LogP contribution >= 0.6 is 11.8 Å². The minimum Gasteiger partial charge on any atom is -0.371 e. The maximum atomic E-state index is 12.0. The molecule has 2 N–H and O–H groups in total. The molecule has 0 spiro atoms. The van der Waals surface area contributed by atoms with Crippen molar-refractivity contribution in [2.75, 3.05) is 24.8 Å². The predicted octanol–water partition coefficient (Wildman–Crippen LogP) is -1.49. The SMILES string of the molecule is O=C(N[C@H]1CO[C@H]2[C@@H]1OC[C@H]2O[N+](=O)[O-])C1CSCN1. The fourth-order valence-corrected chi connectivity index (χ4v) is 3.58. The highest BCUT2D eigenvalue weighted by molar-refractivity contribution is 7.99. The number of carbonyl (C=O) groups excluding carboxylic acids is 1. The standard InChI is InChI=1S/C10H15N3O6S/c14-10(6-3-20-4-11-6)12-5-1-17-9-7(19-13(15)16)2-18-8(5)9/h5-9,11H,1-4H2,(H,12,14)/t5-,6?,7+,8+,9+/m0/s1. The molecule has 3 rings (SSSR count). The van der Waals surface area contributed by atoms with Gasteiger partial charge in [-0.3, -0.25) is 10.1 Å². The van der Waals surface area contributed by atoms with Crippen molar-refractivity contribution < 1.29 is 24.2 Å². The summed E-state index contributed by atoms with van der Waals surface area (Å²) in [6.07, 6.45) is -1.62. The quantitative estimate of drug-likeness (QED) is 0.477. The van der Waals surface area contributed by atoms with Gasteiger partial charge in [-0.05, 0) is 0 Å². The Bertz CT molecular complexity index is 404. The minimum atomic E-state index is -0.842. The Balaban J connectivity index is 1.55. The number of ether oxygens (including phenoxy) is 2. The third kappa shape index (κ3) is 2.68. The van der Waals surface area contributed by atoms with Crippen LogP contribution in [0, 0.1) is 10.1 Å². The number of nitrogens with one attached hydrogen (secondary N) is 2. The second-order valence-corrected chi connectivity index (χ2v) is 5.88. The topological polar surface area (TPSA) is 112 Å². The van der Waals surface area contributed by atoms with Gasteiger partial charge in [-0.1, -0.05) is 0 Å². The van der Waals surface area contributed by atoms with Gasteiger partial charge in [0.2, 0.25) is 5.91 Å². The van der Waals surface area contributed by atoms with E-state index in [4.69, 9.17) is 9.47 Å². The molecule has 10 heteroatoms. The van der Waals surface area contributed by atoms with Gasteiger partial charge in [0.1, 0.15) is 12.2 Å². The first-order valence-corrected chi connectivity index (χ1v) is 7.46. The van der Waals surface area contributed by atoms with Crippen LogP contribution in [0.5, 0.6) is 0 Å². The van der Waals surface area contributed by atoms with E-state index in [1.807, 2.05) is 0 Å². The molecule has 0 aromatic heterocycles. The normalized spacial score (nSPS) is 39.5. The molecule has 3 aliphatic heterocycles. The van der Waals surface area contributed by atoms with Gasteiger partial charge in [0, 0.05) is 11.6 Å². The summed E-state index contributed by atoms with van der Waals surface area (Å²) in [5.74, 6) is 1.41. The highest BCUT2D eigenvalue weighted by Gasteiger charge is 2.50. The lowest BCUT2D eigenvalue weighted by Crippen LogP contribution is -2.50. The van der Waals surface area contributed by atoms with Crippen molar-refractivity contribution in [2.24, 2.45) is 0 Å². The lowest BCUT2D eigenvalue weighted by Gasteiger charge is -2.19. The summed E-state index contributed by atoms with van der Waals surface area (Å²) in [4.78, 5) is 26.9. The van der Waals surface area contributed by atoms with Gasteiger partial charge in [0.05, 0.1) is 25.3 Å². The van der Waals surface area contributed by atoms with E-state index in [9.17, 15) is 14.9 Å². The molecular formula is C10H15N3O6S. The Hall–Kier alpha value is -1.10. The molecule has 20 heavy (non-hydrogen) atoms. The smallest absolute Gasteiger partial charge is 0.294 e. The van der Waals surface area contributed by atoms with Crippen molar-refractivity contribution in [3.05, 3.63) is 10.1 Å². The molecule has 9 nitrogen and oxygen atoms in total. The number of hydrogen-bond donors (Lipinski definition) is 2. The predicted molar refractivity (Wildman–Crippen MR) is 67.5 cm³/mol. The second kappa shape index (κ2) is 5.72. The minimum absolute atomic E-state index is 0.0912. The Kier molecular flexibility index (Phi) is 3.96. The molecule has 112 valence electrons. The van der Waals surface area contributed by atoms with Crippen LogP contribution in [0.4, 0.5) is 0 Å². The van der Waals surface area contributed by atoms with Crippen molar-refractivity contribution in [3.63, 3.8) is 0 Å². The zero-order valence-corrected chi connectivity index (χ0v) is 11.3. The second-order valence-electron chi connectivity index (χ2n) is 4.85. The summed E-state index contributed by atoms with van der Waals surface area (Å²) in [5.41, 5.74) is 0. The largest absolute Gasteiger partial charge is 0.371 e. The zero-order valence-electron chi connectivity index (χ0n) is 10.5. The number of fused-ring (bicyclic) bond motifs is 1. The molecule has 3 saturated heterocycles. The number of hydrogen-bond acceptors (Lipinski definition) is 8. The molecule has 1 amide bonds. The maximum absolute atomic E-state index is 12.0. The van der Waals surface area contributed by atoms with Gasteiger partial charge in [-0.25, -0.2) is 0 Å². The van der Waals surface area contributed by atoms with Crippen LogP contribution in [-0.2, 0) is 19.1 Å². The first kappa shape index (κ1) is 13.9. The van der Waals surface area contributed by atoms with Gasteiger partial charge in [0.15, 0.2) is 6.10 Å². The maximum Gasteiger partial charge on any atom is 0.294 e. The molecule has 1 unspecified atom stereocenters. The summed E-state index contributed by atoms with van der Waals surface area (Å²) < 4.78 is 10.9. The van der Waals surface area contributed by atoms with E-state index in [1.165, 1.54) is 0 Å². The van der Waals surface area contributed by atoms with Crippen molar-refractivity contribution in [2.45, 2.75) is 30.4 Å². The van der Waals surface area contributed by atoms with Gasteiger partial charge >= 0.3 is 0 Å². The van der Waals surface area contributed by atoms with E-state index >= 15 is 0 Å². The van der Waals surface area contributed by atoms with Gasteiger partial charge in [-0.15, -0.1) is 21.9 Å². The summed E-state index contributed by atoms with van der Waals surface area (Å²) >= 11 is 1.67. The van der Waals surface area contributed by atoms with Crippen LogP contribution in [0.2, 0.25) is 0 Å². The Morgan fingerprint density at radius 2 is 2.20 bits per heavy atom.